The first kappa shape index (κ1) is 13.9. The Hall–Kier alpha value is -2.08. The zero-order valence-electron chi connectivity index (χ0n) is 12.2. The minimum absolute atomic E-state index is 0.0903. The molecule has 1 aromatic carbocycles. The number of methoxy groups -OCH3 is 1. The van der Waals surface area contributed by atoms with E-state index >= 15 is 0 Å². The van der Waals surface area contributed by atoms with Crippen LogP contribution < -0.4 is 10.1 Å². The normalized spacial score (nSPS) is 22.2. The molecule has 1 saturated heterocycles. The standard InChI is InChI=1S/C15H19N3O3/c1-9-4-3-7-16-13(9)15-17-14(18-21-15)10-5-6-11(19)12(8-10)20-2/h5-6,8-9,13,16,19H,3-4,7H2,1-2H3. The molecule has 1 aliphatic heterocycles. The molecule has 0 radical (unpaired) electrons. The molecule has 0 amide bonds. The van der Waals surface area contributed by atoms with Crippen molar-refractivity contribution < 1.29 is 14.4 Å². The average molecular weight is 289 g/mol. The summed E-state index contributed by atoms with van der Waals surface area (Å²) in [6.45, 7) is 3.16. The zero-order valence-corrected chi connectivity index (χ0v) is 12.2. The molecule has 21 heavy (non-hydrogen) atoms. The van der Waals surface area contributed by atoms with Gasteiger partial charge in [0.25, 0.3) is 0 Å². The van der Waals surface area contributed by atoms with E-state index in [-0.39, 0.29) is 11.8 Å². The predicted octanol–water partition coefficient (Wildman–Crippen LogP) is 2.51. The number of aromatic hydroxyl groups is 1. The molecular formula is C15H19N3O3. The van der Waals surface area contributed by atoms with Gasteiger partial charge in [-0.2, -0.15) is 4.98 Å². The van der Waals surface area contributed by atoms with Crippen LogP contribution in [0.2, 0.25) is 0 Å². The Morgan fingerprint density at radius 2 is 2.29 bits per heavy atom. The highest BCUT2D eigenvalue weighted by Crippen LogP contribution is 2.32. The molecule has 112 valence electrons. The molecule has 2 aromatic rings. The van der Waals surface area contributed by atoms with Gasteiger partial charge in [0.15, 0.2) is 11.5 Å². The van der Waals surface area contributed by atoms with Gasteiger partial charge < -0.3 is 19.7 Å². The first-order valence-corrected chi connectivity index (χ1v) is 7.13. The van der Waals surface area contributed by atoms with E-state index in [1.54, 1.807) is 18.2 Å². The van der Waals surface area contributed by atoms with Gasteiger partial charge in [-0.25, -0.2) is 0 Å². The van der Waals surface area contributed by atoms with Crippen LogP contribution in [0, 0.1) is 5.92 Å². The lowest BCUT2D eigenvalue weighted by atomic mass is 9.93. The Kier molecular flexibility index (Phi) is 3.79. The third-order valence-electron chi connectivity index (χ3n) is 3.92. The molecule has 1 fully saturated rings. The fourth-order valence-corrected chi connectivity index (χ4v) is 2.68. The predicted molar refractivity (Wildman–Crippen MR) is 77.1 cm³/mol. The molecule has 3 rings (SSSR count). The van der Waals surface area contributed by atoms with Crippen LogP contribution in [-0.4, -0.2) is 28.9 Å². The summed E-state index contributed by atoms with van der Waals surface area (Å²) >= 11 is 0. The molecule has 6 heteroatoms. The van der Waals surface area contributed by atoms with Crippen molar-refractivity contribution in [3.05, 3.63) is 24.1 Å². The molecular weight excluding hydrogens is 270 g/mol. The Bertz CT molecular complexity index is 626. The largest absolute Gasteiger partial charge is 0.504 e. The molecule has 2 N–H and O–H groups in total. The number of phenols is 1. The van der Waals surface area contributed by atoms with Gasteiger partial charge in [-0.1, -0.05) is 12.1 Å². The monoisotopic (exact) mass is 289 g/mol. The number of ether oxygens (including phenoxy) is 1. The summed E-state index contributed by atoms with van der Waals surface area (Å²) in [6, 6.07) is 5.11. The Balaban J connectivity index is 1.87. The van der Waals surface area contributed by atoms with Gasteiger partial charge in [-0.05, 0) is 43.5 Å². The van der Waals surface area contributed by atoms with Gasteiger partial charge in [0.1, 0.15) is 0 Å². The quantitative estimate of drug-likeness (QED) is 0.903. The Labute approximate surface area is 123 Å². The van der Waals surface area contributed by atoms with Crippen molar-refractivity contribution in [1.82, 2.24) is 15.5 Å². The fourth-order valence-electron chi connectivity index (χ4n) is 2.68. The average Bonchev–Trinajstić information content (AvgIpc) is 2.98. The Morgan fingerprint density at radius 1 is 1.43 bits per heavy atom. The highest BCUT2D eigenvalue weighted by Gasteiger charge is 2.27. The second-order valence-corrected chi connectivity index (χ2v) is 5.39. The smallest absolute Gasteiger partial charge is 0.244 e. The van der Waals surface area contributed by atoms with E-state index in [2.05, 4.69) is 22.4 Å². The minimum atomic E-state index is 0.0903. The number of hydrogen-bond donors (Lipinski definition) is 2. The summed E-state index contributed by atoms with van der Waals surface area (Å²) in [5, 5.41) is 17.1. The van der Waals surface area contributed by atoms with E-state index in [9.17, 15) is 5.11 Å². The van der Waals surface area contributed by atoms with E-state index in [1.165, 1.54) is 13.5 Å². The number of piperidine rings is 1. The molecule has 6 nitrogen and oxygen atoms in total. The molecule has 2 heterocycles. The third-order valence-corrected chi connectivity index (χ3v) is 3.92. The van der Waals surface area contributed by atoms with Crippen LogP contribution in [0.5, 0.6) is 11.5 Å². The van der Waals surface area contributed by atoms with Crippen LogP contribution in [0.3, 0.4) is 0 Å². The van der Waals surface area contributed by atoms with Gasteiger partial charge in [-0.3, -0.25) is 0 Å². The van der Waals surface area contributed by atoms with Crippen molar-refractivity contribution in [3.63, 3.8) is 0 Å². The molecule has 0 spiro atoms. The minimum Gasteiger partial charge on any atom is -0.504 e. The summed E-state index contributed by atoms with van der Waals surface area (Å²) in [5.74, 6) is 2.07. The summed E-state index contributed by atoms with van der Waals surface area (Å²) in [7, 11) is 1.51. The lowest BCUT2D eigenvalue weighted by Crippen LogP contribution is -2.33. The van der Waals surface area contributed by atoms with Gasteiger partial charge in [-0.15, -0.1) is 0 Å². The maximum atomic E-state index is 9.63. The number of phenolic OH excluding ortho intramolecular Hbond substituents is 1. The summed E-state index contributed by atoms with van der Waals surface area (Å²) < 4.78 is 10.5. The molecule has 1 aromatic heterocycles. The zero-order chi connectivity index (χ0) is 14.8. The third kappa shape index (κ3) is 2.71. The molecule has 0 saturated carbocycles. The number of nitrogens with zero attached hydrogens (tertiary/aromatic N) is 2. The highest BCUT2D eigenvalue weighted by molar-refractivity contribution is 5.60. The van der Waals surface area contributed by atoms with Crippen molar-refractivity contribution in [3.8, 4) is 22.9 Å². The van der Waals surface area contributed by atoms with Crippen molar-refractivity contribution in [1.29, 1.82) is 0 Å². The maximum Gasteiger partial charge on any atom is 0.244 e. The number of hydrogen-bond acceptors (Lipinski definition) is 6. The highest BCUT2D eigenvalue weighted by atomic mass is 16.5. The molecule has 2 atom stereocenters. The SMILES string of the molecule is COc1cc(-c2noc(C3NCCCC3C)n2)ccc1O. The maximum absolute atomic E-state index is 9.63. The molecule has 1 aliphatic rings. The number of nitrogens with one attached hydrogen (secondary N) is 1. The van der Waals surface area contributed by atoms with Crippen molar-refractivity contribution in [2.24, 2.45) is 5.92 Å². The fraction of sp³-hybridized carbons (Fsp3) is 0.467. The second-order valence-electron chi connectivity index (χ2n) is 5.39. The summed E-state index contributed by atoms with van der Waals surface area (Å²) in [5.41, 5.74) is 0.753. The van der Waals surface area contributed by atoms with Crippen LogP contribution in [0.15, 0.2) is 22.7 Å². The van der Waals surface area contributed by atoms with Crippen LogP contribution >= 0.6 is 0 Å². The van der Waals surface area contributed by atoms with Crippen LogP contribution in [0.25, 0.3) is 11.4 Å². The van der Waals surface area contributed by atoms with Crippen LogP contribution in [-0.2, 0) is 0 Å². The molecule has 0 aliphatic carbocycles. The first-order valence-electron chi connectivity index (χ1n) is 7.13. The summed E-state index contributed by atoms with van der Waals surface area (Å²) in [4.78, 5) is 4.48. The molecule has 2 unspecified atom stereocenters. The lowest BCUT2D eigenvalue weighted by Gasteiger charge is -2.26. The van der Waals surface area contributed by atoms with Crippen LogP contribution in [0.1, 0.15) is 31.7 Å². The first-order chi connectivity index (χ1) is 10.2. The van der Waals surface area contributed by atoms with Crippen LogP contribution in [0.4, 0.5) is 0 Å². The molecule has 0 bridgehead atoms. The summed E-state index contributed by atoms with van der Waals surface area (Å²) in [6.07, 6.45) is 2.33. The number of aromatic nitrogens is 2. The van der Waals surface area contributed by atoms with E-state index in [4.69, 9.17) is 9.26 Å². The number of benzene rings is 1. The topological polar surface area (TPSA) is 80.4 Å². The van der Waals surface area contributed by atoms with E-state index in [0.717, 1.165) is 18.5 Å². The van der Waals surface area contributed by atoms with Crippen molar-refractivity contribution in [2.45, 2.75) is 25.8 Å². The lowest BCUT2D eigenvalue weighted by molar-refractivity contribution is 0.239. The van der Waals surface area contributed by atoms with Gasteiger partial charge in [0.05, 0.1) is 13.2 Å². The van der Waals surface area contributed by atoms with Gasteiger partial charge in [0.2, 0.25) is 11.7 Å². The Morgan fingerprint density at radius 3 is 3.05 bits per heavy atom. The van der Waals surface area contributed by atoms with Gasteiger partial charge >= 0.3 is 0 Å². The number of rotatable bonds is 3. The van der Waals surface area contributed by atoms with E-state index in [1.807, 2.05) is 0 Å². The van der Waals surface area contributed by atoms with E-state index < -0.39 is 0 Å². The van der Waals surface area contributed by atoms with Crippen molar-refractivity contribution >= 4 is 0 Å². The van der Waals surface area contributed by atoms with E-state index in [0.29, 0.717) is 23.4 Å². The van der Waals surface area contributed by atoms with Crippen molar-refractivity contribution in [2.75, 3.05) is 13.7 Å². The second kappa shape index (κ2) is 5.73. The van der Waals surface area contributed by atoms with Gasteiger partial charge in [0, 0.05) is 5.56 Å².